The first kappa shape index (κ1) is 11.7. The summed E-state index contributed by atoms with van der Waals surface area (Å²) in [6, 6.07) is 12.0. The van der Waals surface area contributed by atoms with E-state index in [0.29, 0.717) is 17.8 Å². The zero-order chi connectivity index (χ0) is 13.5. The van der Waals surface area contributed by atoms with Gasteiger partial charge in [-0.1, -0.05) is 18.2 Å². The van der Waals surface area contributed by atoms with E-state index in [1.54, 1.807) is 0 Å². The molecule has 2 atom stereocenters. The summed E-state index contributed by atoms with van der Waals surface area (Å²) in [7, 11) is 0. The summed E-state index contributed by atoms with van der Waals surface area (Å²) in [5.74, 6) is 0.903. The Kier molecular flexibility index (Phi) is 2.61. The highest BCUT2D eigenvalue weighted by atomic mass is 16.5. The second-order valence-corrected chi connectivity index (χ2v) is 5.52. The van der Waals surface area contributed by atoms with Gasteiger partial charge in [0, 0.05) is 18.5 Å². The Morgan fingerprint density at radius 2 is 1.95 bits per heavy atom. The van der Waals surface area contributed by atoms with E-state index >= 15 is 0 Å². The Balaban J connectivity index is 1.78. The van der Waals surface area contributed by atoms with Crippen LogP contribution in [0.5, 0.6) is 0 Å². The van der Waals surface area contributed by atoms with Crippen LogP contribution in [0.3, 0.4) is 0 Å². The smallest absolute Gasteiger partial charge is 0.130 e. The first-order chi connectivity index (χ1) is 9.83. The maximum atomic E-state index is 9.35. The summed E-state index contributed by atoms with van der Waals surface area (Å²) in [4.78, 5) is 6.99. The highest BCUT2D eigenvalue weighted by Gasteiger charge is 2.34. The molecule has 3 heterocycles. The van der Waals surface area contributed by atoms with Gasteiger partial charge in [-0.3, -0.25) is 0 Å². The van der Waals surface area contributed by atoms with Gasteiger partial charge < -0.3 is 9.64 Å². The van der Waals surface area contributed by atoms with E-state index in [1.165, 1.54) is 0 Å². The standard InChI is InChI=1S/C16H15N3O/c17-8-11-7-16(18-15-4-2-1-3-14(11)15)19-9-12-5-6-13(10-19)20-12/h1-4,7,12-13H,5-6,9-10H2. The third kappa shape index (κ3) is 1.83. The molecule has 2 aromatic rings. The van der Waals surface area contributed by atoms with Crippen LogP contribution < -0.4 is 4.90 Å². The molecule has 2 aliphatic rings. The van der Waals surface area contributed by atoms with Crippen molar-refractivity contribution in [1.29, 1.82) is 5.26 Å². The van der Waals surface area contributed by atoms with Crippen LogP contribution >= 0.6 is 0 Å². The van der Waals surface area contributed by atoms with Gasteiger partial charge in [0.1, 0.15) is 5.82 Å². The molecule has 100 valence electrons. The van der Waals surface area contributed by atoms with Gasteiger partial charge in [-0.25, -0.2) is 4.98 Å². The molecule has 0 N–H and O–H groups in total. The lowest BCUT2D eigenvalue weighted by atomic mass is 10.1. The van der Waals surface area contributed by atoms with E-state index in [9.17, 15) is 5.26 Å². The normalized spacial score (nSPS) is 24.9. The Bertz CT molecular complexity index is 694. The molecule has 0 spiro atoms. The van der Waals surface area contributed by atoms with Gasteiger partial charge in [0.25, 0.3) is 0 Å². The fourth-order valence-corrected chi connectivity index (χ4v) is 3.22. The largest absolute Gasteiger partial charge is 0.371 e. The molecule has 0 saturated carbocycles. The predicted octanol–water partition coefficient (Wildman–Crippen LogP) is 2.47. The Morgan fingerprint density at radius 1 is 1.20 bits per heavy atom. The van der Waals surface area contributed by atoms with Crippen LogP contribution in [-0.4, -0.2) is 30.3 Å². The van der Waals surface area contributed by atoms with Crippen molar-refractivity contribution >= 4 is 16.7 Å². The number of nitrogens with zero attached hydrogens (tertiary/aromatic N) is 3. The molecule has 2 bridgehead atoms. The molecule has 2 aliphatic heterocycles. The SMILES string of the molecule is N#Cc1cc(N2CC3CCC(C2)O3)nc2ccccc12. The lowest BCUT2D eigenvalue weighted by molar-refractivity contribution is 0.0302. The Labute approximate surface area is 117 Å². The number of para-hydroxylation sites is 1. The molecule has 0 radical (unpaired) electrons. The van der Waals surface area contributed by atoms with Crippen molar-refractivity contribution in [1.82, 2.24) is 4.98 Å². The molecule has 4 nitrogen and oxygen atoms in total. The fraction of sp³-hybridized carbons (Fsp3) is 0.375. The molecular weight excluding hydrogens is 250 g/mol. The van der Waals surface area contributed by atoms with E-state index in [0.717, 1.165) is 42.7 Å². The number of hydrogen-bond acceptors (Lipinski definition) is 4. The van der Waals surface area contributed by atoms with Crippen LogP contribution in [0, 0.1) is 11.3 Å². The van der Waals surface area contributed by atoms with Crippen LogP contribution in [0.1, 0.15) is 18.4 Å². The van der Waals surface area contributed by atoms with Gasteiger partial charge in [-0.15, -0.1) is 0 Å². The average Bonchev–Trinajstić information content (AvgIpc) is 2.84. The predicted molar refractivity (Wildman–Crippen MR) is 76.6 cm³/mol. The highest BCUT2D eigenvalue weighted by molar-refractivity contribution is 5.86. The Hall–Kier alpha value is -2.12. The summed E-state index contributed by atoms with van der Waals surface area (Å²) in [5.41, 5.74) is 1.59. The fourth-order valence-electron chi connectivity index (χ4n) is 3.22. The molecule has 0 aliphatic carbocycles. The number of aromatic nitrogens is 1. The summed E-state index contributed by atoms with van der Waals surface area (Å²) in [5, 5.41) is 10.3. The average molecular weight is 265 g/mol. The molecule has 2 saturated heterocycles. The topological polar surface area (TPSA) is 49.2 Å². The minimum Gasteiger partial charge on any atom is -0.371 e. The minimum atomic E-state index is 0.326. The zero-order valence-corrected chi connectivity index (χ0v) is 11.1. The second-order valence-electron chi connectivity index (χ2n) is 5.52. The Morgan fingerprint density at radius 3 is 2.70 bits per heavy atom. The van der Waals surface area contributed by atoms with Gasteiger partial charge in [-0.05, 0) is 25.0 Å². The molecule has 2 unspecified atom stereocenters. The number of fused-ring (bicyclic) bond motifs is 3. The lowest BCUT2D eigenvalue weighted by Gasteiger charge is -2.33. The van der Waals surface area contributed by atoms with Gasteiger partial charge in [0.05, 0.1) is 29.4 Å². The number of nitriles is 1. The number of ether oxygens (including phenoxy) is 1. The van der Waals surface area contributed by atoms with Crippen molar-refractivity contribution in [2.24, 2.45) is 0 Å². The van der Waals surface area contributed by atoms with Crippen LogP contribution in [0.2, 0.25) is 0 Å². The highest BCUT2D eigenvalue weighted by Crippen LogP contribution is 2.30. The zero-order valence-electron chi connectivity index (χ0n) is 11.1. The van der Waals surface area contributed by atoms with Crippen LogP contribution in [0.15, 0.2) is 30.3 Å². The first-order valence-corrected chi connectivity index (χ1v) is 7.04. The molecule has 1 aromatic carbocycles. The van der Waals surface area contributed by atoms with E-state index in [2.05, 4.69) is 11.0 Å². The van der Waals surface area contributed by atoms with Crippen molar-refractivity contribution in [2.75, 3.05) is 18.0 Å². The number of pyridine rings is 1. The van der Waals surface area contributed by atoms with E-state index in [4.69, 9.17) is 9.72 Å². The van der Waals surface area contributed by atoms with Crippen LogP contribution in [0.4, 0.5) is 5.82 Å². The molecule has 4 heteroatoms. The van der Waals surface area contributed by atoms with Gasteiger partial charge in [-0.2, -0.15) is 5.26 Å². The van der Waals surface area contributed by atoms with Crippen molar-refractivity contribution in [3.8, 4) is 6.07 Å². The summed E-state index contributed by atoms with van der Waals surface area (Å²) < 4.78 is 5.86. The number of anilines is 1. The number of rotatable bonds is 1. The quantitative estimate of drug-likeness (QED) is 0.794. The van der Waals surface area contributed by atoms with Crippen LogP contribution in [-0.2, 0) is 4.74 Å². The number of hydrogen-bond donors (Lipinski definition) is 0. The van der Waals surface area contributed by atoms with Crippen molar-refractivity contribution in [3.05, 3.63) is 35.9 Å². The number of morpholine rings is 1. The molecule has 2 fully saturated rings. The maximum absolute atomic E-state index is 9.35. The summed E-state index contributed by atoms with van der Waals surface area (Å²) in [6.07, 6.45) is 2.93. The third-order valence-corrected chi connectivity index (χ3v) is 4.19. The van der Waals surface area contributed by atoms with Gasteiger partial charge in [0.15, 0.2) is 0 Å². The van der Waals surface area contributed by atoms with Gasteiger partial charge in [0.2, 0.25) is 0 Å². The summed E-state index contributed by atoms with van der Waals surface area (Å²) >= 11 is 0. The van der Waals surface area contributed by atoms with E-state index in [-0.39, 0.29) is 0 Å². The number of benzene rings is 1. The summed E-state index contributed by atoms with van der Waals surface area (Å²) in [6.45, 7) is 1.76. The molecule has 0 amide bonds. The van der Waals surface area contributed by atoms with E-state index < -0.39 is 0 Å². The van der Waals surface area contributed by atoms with Gasteiger partial charge >= 0.3 is 0 Å². The molecule has 4 rings (SSSR count). The van der Waals surface area contributed by atoms with E-state index in [1.807, 2.05) is 30.3 Å². The second kappa shape index (κ2) is 4.46. The van der Waals surface area contributed by atoms with Crippen molar-refractivity contribution in [2.45, 2.75) is 25.0 Å². The molecular formula is C16H15N3O. The minimum absolute atomic E-state index is 0.326. The monoisotopic (exact) mass is 265 g/mol. The van der Waals surface area contributed by atoms with Crippen LogP contribution in [0.25, 0.3) is 10.9 Å². The van der Waals surface area contributed by atoms with Crippen molar-refractivity contribution < 1.29 is 4.74 Å². The first-order valence-electron chi connectivity index (χ1n) is 7.04. The van der Waals surface area contributed by atoms with Crippen molar-refractivity contribution in [3.63, 3.8) is 0 Å². The molecule has 20 heavy (non-hydrogen) atoms. The third-order valence-electron chi connectivity index (χ3n) is 4.19. The lowest BCUT2D eigenvalue weighted by Crippen LogP contribution is -2.43. The maximum Gasteiger partial charge on any atom is 0.130 e. The molecule has 1 aromatic heterocycles.